The second-order valence-electron chi connectivity index (χ2n) is 5.46. The molecule has 25 heavy (non-hydrogen) atoms. The molecule has 0 aliphatic rings. The highest BCUT2D eigenvalue weighted by Gasteiger charge is 2.11. The Labute approximate surface area is 161 Å². The minimum atomic E-state index is 0.594. The summed E-state index contributed by atoms with van der Waals surface area (Å²) in [5.74, 6) is 0.594. The summed E-state index contributed by atoms with van der Waals surface area (Å²) in [4.78, 5) is 9.12. The largest absolute Gasteiger partial charge is 0.436 e. The Morgan fingerprint density at radius 1 is 0.920 bits per heavy atom. The lowest BCUT2D eigenvalue weighted by Gasteiger charge is -1.97. The first-order valence-electron chi connectivity index (χ1n) is 7.64. The number of halogens is 2. The van der Waals surface area contributed by atoms with Crippen LogP contribution in [0.1, 0.15) is 5.56 Å². The number of oxazole rings is 1. The van der Waals surface area contributed by atoms with Crippen LogP contribution in [0.25, 0.3) is 22.6 Å². The first-order chi connectivity index (χ1) is 12.2. The Morgan fingerprint density at radius 3 is 2.52 bits per heavy atom. The number of fused-ring (bicyclic) bond motifs is 1. The smallest absolute Gasteiger partial charge is 0.228 e. The van der Waals surface area contributed by atoms with Gasteiger partial charge in [-0.3, -0.25) is 4.99 Å². The zero-order valence-corrected chi connectivity index (χ0v) is 16.2. The van der Waals surface area contributed by atoms with Crippen molar-refractivity contribution in [3.63, 3.8) is 0 Å². The van der Waals surface area contributed by atoms with Gasteiger partial charge in [0.2, 0.25) is 5.89 Å². The number of aliphatic imine (C=N–C) groups is 1. The molecule has 0 fully saturated rings. The van der Waals surface area contributed by atoms with Crippen molar-refractivity contribution in [2.75, 3.05) is 0 Å². The third kappa shape index (κ3) is 3.57. The zero-order valence-electron chi connectivity index (χ0n) is 13.0. The summed E-state index contributed by atoms with van der Waals surface area (Å²) in [7, 11) is 0. The van der Waals surface area contributed by atoms with Crippen molar-refractivity contribution < 1.29 is 4.42 Å². The second-order valence-corrected chi connectivity index (χ2v) is 7.23. The fourth-order valence-electron chi connectivity index (χ4n) is 2.44. The van der Waals surface area contributed by atoms with Crippen molar-refractivity contribution in [3.8, 4) is 11.5 Å². The number of hydrogen-bond donors (Lipinski definition) is 0. The molecule has 0 atom stereocenters. The van der Waals surface area contributed by atoms with Gasteiger partial charge < -0.3 is 4.42 Å². The standard InChI is InChI=1S/C20H12Br2N2O/c21-14-7-5-13(6-8-14)12-23-15-9-10-19-18(11-15)24-20(25-19)16-3-1-2-4-17(16)22/h1-12H. The van der Waals surface area contributed by atoms with Crippen molar-refractivity contribution in [3.05, 3.63) is 81.2 Å². The Bertz CT molecular complexity index is 1070. The van der Waals surface area contributed by atoms with Gasteiger partial charge in [-0.1, -0.05) is 40.2 Å². The van der Waals surface area contributed by atoms with Crippen LogP contribution in [0.15, 0.2) is 85.1 Å². The van der Waals surface area contributed by atoms with Crippen molar-refractivity contribution in [2.45, 2.75) is 0 Å². The number of hydrogen-bond acceptors (Lipinski definition) is 3. The Balaban J connectivity index is 1.66. The highest BCUT2D eigenvalue weighted by Crippen LogP contribution is 2.31. The molecule has 1 aromatic heterocycles. The molecule has 0 unspecified atom stereocenters. The van der Waals surface area contributed by atoms with Crippen LogP contribution in [0.3, 0.4) is 0 Å². The molecule has 0 amide bonds. The van der Waals surface area contributed by atoms with E-state index in [-0.39, 0.29) is 0 Å². The van der Waals surface area contributed by atoms with Crippen molar-refractivity contribution in [1.82, 2.24) is 4.98 Å². The first-order valence-corrected chi connectivity index (χ1v) is 9.23. The van der Waals surface area contributed by atoms with Gasteiger partial charge in [0.1, 0.15) is 5.52 Å². The van der Waals surface area contributed by atoms with Gasteiger partial charge in [-0.15, -0.1) is 0 Å². The van der Waals surface area contributed by atoms with Crippen LogP contribution in [0, 0.1) is 0 Å². The van der Waals surface area contributed by atoms with Crippen LogP contribution in [0.4, 0.5) is 5.69 Å². The minimum absolute atomic E-state index is 0.594. The molecular weight excluding hydrogens is 444 g/mol. The summed E-state index contributed by atoms with van der Waals surface area (Å²) in [6.07, 6.45) is 1.84. The SMILES string of the molecule is Brc1ccc(C=Nc2ccc3oc(-c4ccccc4Br)nc3c2)cc1. The first kappa shape index (κ1) is 16.2. The van der Waals surface area contributed by atoms with Crippen LogP contribution in [0.2, 0.25) is 0 Å². The lowest BCUT2D eigenvalue weighted by molar-refractivity contribution is 0.619. The van der Waals surface area contributed by atoms with E-state index in [1.807, 2.05) is 72.9 Å². The van der Waals surface area contributed by atoms with Crippen LogP contribution in [-0.4, -0.2) is 11.2 Å². The molecule has 4 rings (SSSR count). The fourth-order valence-corrected chi connectivity index (χ4v) is 3.16. The summed E-state index contributed by atoms with van der Waals surface area (Å²) in [5, 5.41) is 0. The molecule has 4 aromatic rings. The van der Waals surface area contributed by atoms with Gasteiger partial charge in [-0.05, 0) is 64.0 Å². The maximum absolute atomic E-state index is 5.87. The van der Waals surface area contributed by atoms with Gasteiger partial charge in [-0.25, -0.2) is 4.98 Å². The van der Waals surface area contributed by atoms with E-state index in [1.165, 1.54) is 0 Å². The van der Waals surface area contributed by atoms with E-state index in [9.17, 15) is 0 Å². The maximum Gasteiger partial charge on any atom is 0.228 e. The molecule has 3 aromatic carbocycles. The van der Waals surface area contributed by atoms with Gasteiger partial charge in [-0.2, -0.15) is 0 Å². The molecule has 3 nitrogen and oxygen atoms in total. The number of nitrogens with zero attached hydrogens (tertiary/aromatic N) is 2. The minimum Gasteiger partial charge on any atom is -0.436 e. The van der Waals surface area contributed by atoms with E-state index >= 15 is 0 Å². The number of rotatable bonds is 3. The predicted molar refractivity (Wildman–Crippen MR) is 109 cm³/mol. The lowest BCUT2D eigenvalue weighted by atomic mass is 10.2. The lowest BCUT2D eigenvalue weighted by Crippen LogP contribution is -1.79. The monoisotopic (exact) mass is 454 g/mol. The van der Waals surface area contributed by atoms with Crippen molar-refractivity contribution >= 4 is 54.9 Å². The summed E-state index contributed by atoms with van der Waals surface area (Å²) < 4.78 is 7.87. The van der Waals surface area contributed by atoms with E-state index in [0.717, 1.165) is 36.9 Å². The molecule has 0 radical (unpaired) electrons. The molecule has 0 bridgehead atoms. The molecule has 0 saturated heterocycles. The van der Waals surface area contributed by atoms with Crippen molar-refractivity contribution in [1.29, 1.82) is 0 Å². The van der Waals surface area contributed by atoms with Crippen LogP contribution in [-0.2, 0) is 0 Å². The molecule has 0 saturated carbocycles. The molecule has 0 aliphatic heterocycles. The average molecular weight is 456 g/mol. The van der Waals surface area contributed by atoms with E-state index in [1.54, 1.807) is 0 Å². The second kappa shape index (κ2) is 6.94. The van der Waals surface area contributed by atoms with Gasteiger partial charge in [0.05, 0.1) is 11.3 Å². The third-order valence-corrected chi connectivity index (χ3v) is 4.93. The van der Waals surface area contributed by atoms with Gasteiger partial charge in [0.15, 0.2) is 5.58 Å². The summed E-state index contributed by atoms with van der Waals surface area (Å²) >= 11 is 6.96. The average Bonchev–Trinajstić information content (AvgIpc) is 3.04. The molecular formula is C20H12Br2N2O. The molecule has 0 spiro atoms. The van der Waals surface area contributed by atoms with E-state index in [2.05, 4.69) is 41.8 Å². The van der Waals surface area contributed by atoms with Gasteiger partial charge >= 0.3 is 0 Å². The van der Waals surface area contributed by atoms with Crippen LogP contribution >= 0.6 is 31.9 Å². The number of benzene rings is 3. The Kier molecular flexibility index (Phi) is 4.51. The van der Waals surface area contributed by atoms with E-state index < -0.39 is 0 Å². The normalized spacial score (nSPS) is 11.4. The predicted octanol–water partition coefficient (Wildman–Crippen LogP) is 6.77. The Hall–Kier alpha value is -2.24. The topological polar surface area (TPSA) is 38.4 Å². The van der Waals surface area contributed by atoms with Gasteiger partial charge in [0, 0.05) is 15.2 Å². The van der Waals surface area contributed by atoms with Crippen LogP contribution in [0.5, 0.6) is 0 Å². The zero-order chi connectivity index (χ0) is 17.2. The molecule has 0 aliphatic carbocycles. The molecule has 1 heterocycles. The van der Waals surface area contributed by atoms with E-state index in [4.69, 9.17) is 4.42 Å². The summed E-state index contributed by atoms with van der Waals surface area (Å²) in [6.45, 7) is 0. The highest BCUT2D eigenvalue weighted by atomic mass is 79.9. The molecule has 5 heteroatoms. The fraction of sp³-hybridized carbons (Fsp3) is 0. The molecule has 0 N–H and O–H groups in total. The summed E-state index contributed by atoms with van der Waals surface area (Å²) in [6, 6.07) is 21.6. The number of aromatic nitrogens is 1. The summed E-state index contributed by atoms with van der Waals surface area (Å²) in [5.41, 5.74) is 4.34. The molecule has 122 valence electrons. The Morgan fingerprint density at radius 2 is 1.72 bits per heavy atom. The maximum atomic E-state index is 5.87. The van der Waals surface area contributed by atoms with E-state index in [0.29, 0.717) is 5.89 Å². The van der Waals surface area contributed by atoms with Crippen molar-refractivity contribution in [2.24, 2.45) is 4.99 Å². The quantitative estimate of drug-likeness (QED) is 0.319. The van der Waals surface area contributed by atoms with Gasteiger partial charge in [0.25, 0.3) is 0 Å². The highest BCUT2D eigenvalue weighted by molar-refractivity contribution is 9.10. The van der Waals surface area contributed by atoms with Crippen LogP contribution < -0.4 is 0 Å². The third-order valence-electron chi connectivity index (χ3n) is 3.71.